The van der Waals surface area contributed by atoms with Gasteiger partial charge < -0.3 is 24.0 Å². The second kappa shape index (κ2) is 7.20. The first-order valence-electron chi connectivity index (χ1n) is 8.29. The standard InChI is InChI=1S/C17H18ClN3O4S/c1-23-15-11(18)2-3-13-14(15)19-17(26-13)21-6-4-20(5-7-21)16(22)12-10-24-8-9-25-12/h2-3,10H,4-9H2,1H3. The number of fused-ring (bicyclic) bond motifs is 1. The number of ether oxygens (including phenoxy) is 3. The number of carbonyl (C=O) groups is 1. The van der Waals surface area contributed by atoms with Crippen LogP contribution in [-0.4, -0.2) is 62.3 Å². The zero-order valence-corrected chi connectivity index (χ0v) is 15.8. The van der Waals surface area contributed by atoms with E-state index < -0.39 is 0 Å². The molecule has 0 spiro atoms. The van der Waals surface area contributed by atoms with E-state index in [0.29, 0.717) is 50.2 Å². The molecule has 0 radical (unpaired) electrons. The van der Waals surface area contributed by atoms with Crippen LogP contribution in [0.1, 0.15) is 0 Å². The summed E-state index contributed by atoms with van der Waals surface area (Å²) < 4.78 is 17.0. The third kappa shape index (κ3) is 3.14. The maximum Gasteiger partial charge on any atom is 0.292 e. The van der Waals surface area contributed by atoms with Crippen LogP contribution in [0.2, 0.25) is 5.02 Å². The van der Waals surface area contributed by atoms with E-state index in [1.54, 1.807) is 23.3 Å². The molecule has 3 heterocycles. The van der Waals surface area contributed by atoms with Gasteiger partial charge in [0.1, 0.15) is 25.0 Å². The van der Waals surface area contributed by atoms with E-state index in [1.165, 1.54) is 6.26 Å². The van der Waals surface area contributed by atoms with Crippen LogP contribution < -0.4 is 9.64 Å². The Hall–Kier alpha value is -2.19. The smallest absolute Gasteiger partial charge is 0.292 e. The Morgan fingerprint density at radius 3 is 2.77 bits per heavy atom. The molecule has 1 aromatic heterocycles. The Morgan fingerprint density at radius 1 is 1.27 bits per heavy atom. The minimum atomic E-state index is -0.123. The lowest BCUT2D eigenvalue weighted by molar-refractivity contribution is -0.132. The highest BCUT2D eigenvalue weighted by molar-refractivity contribution is 7.22. The molecule has 0 atom stereocenters. The van der Waals surface area contributed by atoms with Crippen molar-refractivity contribution in [3.05, 3.63) is 29.2 Å². The molecule has 2 aromatic rings. The monoisotopic (exact) mass is 395 g/mol. The highest BCUT2D eigenvalue weighted by atomic mass is 35.5. The van der Waals surface area contributed by atoms with Crippen molar-refractivity contribution in [1.29, 1.82) is 0 Å². The van der Waals surface area contributed by atoms with Gasteiger partial charge >= 0.3 is 0 Å². The highest BCUT2D eigenvalue weighted by Crippen LogP contribution is 2.38. The quantitative estimate of drug-likeness (QED) is 0.795. The molecule has 26 heavy (non-hydrogen) atoms. The van der Waals surface area contributed by atoms with Crippen LogP contribution in [0.3, 0.4) is 0 Å². The SMILES string of the molecule is COc1c(Cl)ccc2sc(N3CCN(C(=O)C4=COCCO4)CC3)nc12. The maximum atomic E-state index is 12.4. The highest BCUT2D eigenvalue weighted by Gasteiger charge is 2.27. The topological polar surface area (TPSA) is 64.1 Å². The van der Waals surface area contributed by atoms with Gasteiger partial charge in [-0.2, -0.15) is 0 Å². The van der Waals surface area contributed by atoms with Crippen molar-refractivity contribution in [1.82, 2.24) is 9.88 Å². The molecule has 1 amide bonds. The summed E-state index contributed by atoms with van der Waals surface area (Å²) in [7, 11) is 1.59. The number of rotatable bonds is 3. The normalized spacial score (nSPS) is 17.5. The molecule has 2 aliphatic rings. The van der Waals surface area contributed by atoms with Crippen LogP contribution in [0, 0.1) is 0 Å². The predicted molar refractivity (Wildman–Crippen MR) is 100.0 cm³/mol. The minimum absolute atomic E-state index is 0.123. The first-order chi connectivity index (χ1) is 12.7. The van der Waals surface area contributed by atoms with Crippen molar-refractivity contribution in [3.63, 3.8) is 0 Å². The van der Waals surface area contributed by atoms with E-state index in [1.807, 2.05) is 12.1 Å². The molecular formula is C17H18ClN3O4S. The van der Waals surface area contributed by atoms with Gasteiger partial charge in [-0.1, -0.05) is 22.9 Å². The van der Waals surface area contributed by atoms with Crippen LogP contribution in [0.4, 0.5) is 5.13 Å². The van der Waals surface area contributed by atoms with Crippen LogP contribution in [-0.2, 0) is 14.3 Å². The molecule has 4 rings (SSSR count). The number of thiazole rings is 1. The number of carbonyl (C=O) groups excluding carboxylic acids is 1. The van der Waals surface area contributed by atoms with E-state index in [2.05, 4.69) is 4.90 Å². The van der Waals surface area contributed by atoms with Crippen molar-refractivity contribution < 1.29 is 19.0 Å². The molecule has 0 N–H and O–H groups in total. The zero-order chi connectivity index (χ0) is 18.1. The summed E-state index contributed by atoms with van der Waals surface area (Å²) in [4.78, 5) is 21.1. The van der Waals surface area contributed by atoms with E-state index >= 15 is 0 Å². The minimum Gasteiger partial charge on any atom is -0.494 e. The third-order valence-electron chi connectivity index (χ3n) is 4.36. The molecule has 1 saturated heterocycles. The number of benzene rings is 1. The summed E-state index contributed by atoms with van der Waals surface area (Å²) in [5.41, 5.74) is 0.774. The first kappa shape index (κ1) is 17.2. The fraction of sp³-hybridized carbons (Fsp3) is 0.412. The number of aromatic nitrogens is 1. The Labute approximate surface area is 159 Å². The summed E-state index contributed by atoms with van der Waals surface area (Å²) in [5.74, 6) is 0.757. The van der Waals surface area contributed by atoms with Gasteiger partial charge in [0.25, 0.3) is 5.91 Å². The number of nitrogens with zero attached hydrogens (tertiary/aromatic N) is 3. The molecule has 9 heteroatoms. The van der Waals surface area contributed by atoms with Gasteiger partial charge in [0, 0.05) is 26.2 Å². The first-order valence-corrected chi connectivity index (χ1v) is 9.48. The molecule has 2 aliphatic heterocycles. The number of anilines is 1. The van der Waals surface area contributed by atoms with Gasteiger partial charge in [0.2, 0.25) is 5.76 Å². The van der Waals surface area contributed by atoms with Gasteiger partial charge in [-0.05, 0) is 12.1 Å². The van der Waals surface area contributed by atoms with Gasteiger partial charge in [0.15, 0.2) is 10.9 Å². The summed E-state index contributed by atoms with van der Waals surface area (Å²) in [6, 6.07) is 3.77. The molecule has 1 aromatic carbocycles. The fourth-order valence-corrected chi connectivity index (χ4v) is 4.25. The Bertz CT molecular complexity index is 861. The summed E-state index contributed by atoms with van der Waals surface area (Å²) in [5, 5.41) is 1.46. The largest absolute Gasteiger partial charge is 0.494 e. The van der Waals surface area contributed by atoms with E-state index in [-0.39, 0.29) is 11.7 Å². The lowest BCUT2D eigenvalue weighted by atomic mass is 10.3. The van der Waals surface area contributed by atoms with Crippen LogP contribution in [0.15, 0.2) is 24.2 Å². The molecule has 0 saturated carbocycles. The average Bonchev–Trinajstić information content (AvgIpc) is 3.12. The number of hydrogen-bond donors (Lipinski definition) is 0. The van der Waals surface area contributed by atoms with Gasteiger partial charge in [-0.15, -0.1) is 0 Å². The predicted octanol–water partition coefficient (Wildman–Crippen LogP) is 2.50. The van der Waals surface area contributed by atoms with Gasteiger partial charge in [0.05, 0.1) is 16.8 Å². The Balaban J connectivity index is 1.47. The molecule has 1 fully saturated rings. The van der Waals surface area contributed by atoms with Crippen molar-refractivity contribution in [2.75, 3.05) is 51.4 Å². The van der Waals surface area contributed by atoms with E-state index in [9.17, 15) is 4.79 Å². The van der Waals surface area contributed by atoms with Crippen molar-refractivity contribution in [2.45, 2.75) is 0 Å². The fourth-order valence-electron chi connectivity index (χ4n) is 3.00. The lowest BCUT2D eigenvalue weighted by Gasteiger charge is -2.35. The Morgan fingerprint density at radius 2 is 2.08 bits per heavy atom. The van der Waals surface area contributed by atoms with Gasteiger partial charge in [-0.3, -0.25) is 4.79 Å². The Kier molecular flexibility index (Phi) is 4.78. The molecule has 7 nitrogen and oxygen atoms in total. The molecular weight excluding hydrogens is 378 g/mol. The number of halogens is 1. The van der Waals surface area contributed by atoms with Crippen LogP contribution >= 0.6 is 22.9 Å². The third-order valence-corrected chi connectivity index (χ3v) is 5.74. The molecule has 138 valence electrons. The van der Waals surface area contributed by atoms with Crippen molar-refractivity contribution in [2.24, 2.45) is 0 Å². The second-order valence-corrected chi connectivity index (χ2v) is 7.32. The number of methoxy groups -OCH3 is 1. The maximum absolute atomic E-state index is 12.4. The molecule has 0 unspecified atom stereocenters. The second-order valence-electron chi connectivity index (χ2n) is 5.90. The van der Waals surface area contributed by atoms with Crippen LogP contribution in [0.25, 0.3) is 10.2 Å². The number of hydrogen-bond acceptors (Lipinski definition) is 7. The molecule has 0 bridgehead atoms. The average molecular weight is 396 g/mol. The van der Waals surface area contributed by atoms with E-state index in [0.717, 1.165) is 15.3 Å². The summed E-state index contributed by atoms with van der Waals surface area (Å²) >= 11 is 7.78. The lowest BCUT2D eigenvalue weighted by Crippen LogP contribution is -2.49. The van der Waals surface area contributed by atoms with Crippen LogP contribution in [0.5, 0.6) is 5.75 Å². The van der Waals surface area contributed by atoms with Crippen molar-refractivity contribution >= 4 is 44.2 Å². The number of amides is 1. The summed E-state index contributed by atoms with van der Waals surface area (Å²) in [6.45, 7) is 3.51. The zero-order valence-electron chi connectivity index (χ0n) is 14.2. The van der Waals surface area contributed by atoms with Crippen molar-refractivity contribution in [3.8, 4) is 5.75 Å². The summed E-state index contributed by atoms with van der Waals surface area (Å²) in [6.07, 6.45) is 1.40. The van der Waals surface area contributed by atoms with Gasteiger partial charge in [-0.25, -0.2) is 4.98 Å². The molecule has 0 aliphatic carbocycles. The van der Waals surface area contributed by atoms with E-state index in [4.69, 9.17) is 30.8 Å². The number of piperazine rings is 1.